The van der Waals surface area contributed by atoms with E-state index < -0.39 is 30.4 Å². The number of aliphatic hydroxyl groups excluding tert-OH is 3. The van der Waals surface area contributed by atoms with E-state index in [2.05, 4.69) is 0 Å². The Morgan fingerprint density at radius 3 is 2.54 bits per heavy atom. The maximum Gasteiger partial charge on any atom is 0.303 e. The van der Waals surface area contributed by atoms with E-state index in [1.165, 1.54) is 0 Å². The van der Waals surface area contributed by atoms with Crippen LogP contribution in [-0.2, 0) is 9.53 Å². The zero-order valence-corrected chi connectivity index (χ0v) is 14.5. The molecule has 5 atom stereocenters. The van der Waals surface area contributed by atoms with E-state index in [0.717, 1.165) is 25.7 Å². The molecule has 0 spiro atoms. The molecule has 0 aromatic heterocycles. The van der Waals surface area contributed by atoms with Gasteiger partial charge >= 0.3 is 5.97 Å². The third-order valence-electron chi connectivity index (χ3n) is 4.45. The summed E-state index contributed by atoms with van der Waals surface area (Å²) in [4.78, 5) is 10.4. The Balaban J connectivity index is 2.18. The average molecular weight is 344 g/mol. The van der Waals surface area contributed by atoms with Gasteiger partial charge in [-0.1, -0.05) is 44.8 Å². The van der Waals surface area contributed by atoms with Crippen molar-refractivity contribution in [2.75, 3.05) is 0 Å². The number of ether oxygens (including phenoxy) is 1. The van der Waals surface area contributed by atoms with Crippen LogP contribution in [0.25, 0.3) is 0 Å². The van der Waals surface area contributed by atoms with Gasteiger partial charge in [-0.3, -0.25) is 4.79 Å². The van der Waals surface area contributed by atoms with Crippen molar-refractivity contribution in [2.45, 2.75) is 95.2 Å². The summed E-state index contributed by atoms with van der Waals surface area (Å²) in [5, 5.41) is 38.2. The van der Waals surface area contributed by atoms with Crippen LogP contribution in [0, 0.1) is 0 Å². The smallest absolute Gasteiger partial charge is 0.303 e. The fraction of sp³-hybridized carbons (Fsp3) is 0.833. The van der Waals surface area contributed by atoms with Gasteiger partial charge in [0.1, 0.15) is 6.10 Å². The fourth-order valence-electron chi connectivity index (χ4n) is 2.86. The van der Waals surface area contributed by atoms with Crippen LogP contribution >= 0.6 is 0 Å². The molecule has 0 saturated carbocycles. The molecule has 24 heavy (non-hydrogen) atoms. The Morgan fingerprint density at radius 1 is 1.21 bits per heavy atom. The van der Waals surface area contributed by atoms with E-state index in [0.29, 0.717) is 25.7 Å². The number of hydrogen-bond donors (Lipinski definition) is 4. The van der Waals surface area contributed by atoms with Crippen molar-refractivity contribution < 1.29 is 30.0 Å². The van der Waals surface area contributed by atoms with Gasteiger partial charge in [0.2, 0.25) is 0 Å². The van der Waals surface area contributed by atoms with Gasteiger partial charge in [0, 0.05) is 12.8 Å². The maximum atomic E-state index is 10.4. The zero-order valence-electron chi connectivity index (χ0n) is 14.5. The summed E-state index contributed by atoms with van der Waals surface area (Å²) >= 11 is 0. The second kappa shape index (κ2) is 11.6. The highest BCUT2D eigenvalue weighted by Gasteiger charge is 2.36. The van der Waals surface area contributed by atoms with Crippen LogP contribution in [0.15, 0.2) is 12.2 Å². The number of rotatable bonds is 12. The number of unbranched alkanes of at least 4 members (excludes halogenated alkanes) is 4. The molecule has 0 aliphatic carbocycles. The van der Waals surface area contributed by atoms with Crippen molar-refractivity contribution in [3.8, 4) is 0 Å². The molecule has 6 heteroatoms. The van der Waals surface area contributed by atoms with E-state index in [4.69, 9.17) is 9.84 Å². The van der Waals surface area contributed by atoms with Crippen LogP contribution in [0.1, 0.15) is 64.7 Å². The molecule has 0 amide bonds. The highest BCUT2D eigenvalue weighted by Crippen LogP contribution is 2.26. The van der Waals surface area contributed by atoms with Gasteiger partial charge in [-0.15, -0.1) is 0 Å². The van der Waals surface area contributed by atoms with Crippen molar-refractivity contribution in [3.63, 3.8) is 0 Å². The molecule has 1 aliphatic heterocycles. The number of hydrogen-bond acceptors (Lipinski definition) is 5. The molecule has 0 unspecified atom stereocenters. The van der Waals surface area contributed by atoms with Gasteiger partial charge < -0.3 is 25.2 Å². The molecule has 1 rings (SSSR count). The third kappa shape index (κ3) is 8.24. The lowest BCUT2D eigenvalue weighted by Crippen LogP contribution is -2.26. The molecule has 1 heterocycles. The third-order valence-corrected chi connectivity index (χ3v) is 4.45. The van der Waals surface area contributed by atoms with Crippen molar-refractivity contribution in [2.24, 2.45) is 0 Å². The Bertz CT molecular complexity index is 384. The Kier molecular flexibility index (Phi) is 10.2. The molecule has 1 aliphatic rings. The first-order chi connectivity index (χ1) is 11.4. The zero-order chi connectivity index (χ0) is 17.9. The van der Waals surface area contributed by atoms with Crippen LogP contribution in [0.3, 0.4) is 0 Å². The van der Waals surface area contributed by atoms with Crippen molar-refractivity contribution >= 4 is 5.97 Å². The minimum absolute atomic E-state index is 0.220. The quantitative estimate of drug-likeness (QED) is 0.319. The molecule has 1 saturated heterocycles. The number of carboxylic acid groups (broad SMARTS) is 1. The standard InChI is InChI=1S/C18H32O6/c1-2-13(19)10-11-16-15(21)12-17(24-16)14(20)8-6-4-3-5-7-9-18(22)23/h10-11,13-17,19-21H,2-9,12H2,1H3,(H,22,23)/b11-10+/t13-,14-,15-,16-,17+/m1/s1. The monoisotopic (exact) mass is 344 g/mol. The van der Waals surface area contributed by atoms with Crippen LogP contribution < -0.4 is 0 Å². The van der Waals surface area contributed by atoms with E-state index >= 15 is 0 Å². The average Bonchev–Trinajstić information content (AvgIpc) is 2.92. The molecular formula is C18H32O6. The summed E-state index contributed by atoms with van der Waals surface area (Å²) in [6.07, 6.45) is 6.89. The summed E-state index contributed by atoms with van der Waals surface area (Å²) in [5.74, 6) is -0.752. The van der Waals surface area contributed by atoms with Gasteiger partial charge in [-0.2, -0.15) is 0 Å². The Labute approximate surface area is 144 Å². The van der Waals surface area contributed by atoms with E-state index in [1.807, 2.05) is 6.92 Å². The van der Waals surface area contributed by atoms with Crippen molar-refractivity contribution in [1.29, 1.82) is 0 Å². The first-order valence-electron chi connectivity index (χ1n) is 9.03. The molecule has 1 fully saturated rings. The molecule has 0 radical (unpaired) electrons. The first-order valence-corrected chi connectivity index (χ1v) is 9.03. The number of carbonyl (C=O) groups is 1. The summed E-state index contributed by atoms with van der Waals surface area (Å²) in [7, 11) is 0. The SMILES string of the molecule is CC[C@@H](O)/C=C/[C@H]1O[C@H]([C@H](O)CCCCCCCC(=O)O)C[C@H]1O. The predicted octanol–water partition coefficient (Wildman–Crippen LogP) is 2.01. The van der Waals surface area contributed by atoms with Gasteiger partial charge in [-0.25, -0.2) is 0 Å². The largest absolute Gasteiger partial charge is 0.481 e. The van der Waals surface area contributed by atoms with Crippen LogP contribution in [-0.4, -0.2) is 56.9 Å². The highest BCUT2D eigenvalue weighted by molar-refractivity contribution is 5.66. The van der Waals surface area contributed by atoms with Gasteiger partial charge in [-0.05, 0) is 19.3 Å². The fourth-order valence-corrected chi connectivity index (χ4v) is 2.86. The summed E-state index contributed by atoms with van der Waals surface area (Å²) in [6.45, 7) is 1.87. The predicted molar refractivity (Wildman–Crippen MR) is 90.7 cm³/mol. The van der Waals surface area contributed by atoms with Crippen LogP contribution in [0.5, 0.6) is 0 Å². The number of aliphatic hydroxyl groups is 3. The second-order valence-corrected chi connectivity index (χ2v) is 6.57. The van der Waals surface area contributed by atoms with Gasteiger partial charge in [0.15, 0.2) is 0 Å². The molecule has 4 N–H and O–H groups in total. The lowest BCUT2D eigenvalue weighted by Gasteiger charge is -2.18. The van der Waals surface area contributed by atoms with Crippen LogP contribution in [0.4, 0.5) is 0 Å². The van der Waals surface area contributed by atoms with Crippen molar-refractivity contribution in [3.05, 3.63) is 12.2 Å². The Hall–Kier alpha value is -0.950. The summed E-state index contributed by atoms with van der Waals surface area (Å²) in [6, 6.07) is 0. The Morgan fingerprint density at radius 2 is 1.88 bits per heavy atom. The normalized spacial score (nSPS) is 26.8. The summed E-state index contributed by atoms with van der Waals surface area (Å²) in [5.41, 5.74) is 0. The number of carboxylic acids is 1. The maximum absolute atomic E-state index is 10.4. The van der Waals surface area contributed by atoms with E-state index in [9.17, 15) is 20.1 Å². The van der Waals surface area contributed by atoms with E-state index in [1.54, 1.807) is 12.2 Å². The molecule has 0 bridgehead atoms. The van der Waals surface area contributed by atoms with E-state index in [-0.39, 0.29) is 12.5 Å². The first kappa shape index (κ1) is 21.1. The van der Waals surface area contributed by atoms with Gasteiger partial charge in [0.05, 0.1) is 24.4 Å². The lowest BCUT2D eigenvalue weighted by atomic mass is 10.0. The van der Waals surface area contributed by atoms with Crippen LogP contribution in [0.2, 0.25) is 0 Å². The minimum atomic E-state index is -0.752. The topological polar surface area (TPSA) is 107 Å². The number of aliphatic carboxylic acids is 1. The van der Waals surface area contributed by atoms with Gasteiger partial charge in [0.25, 0.3) is 0 Å². The molecule has 0 aromatic rings. The molecule has 0 aromatic carbocycles. The lowest BCUT2D eigenvalue weighted by molar-refractivity contribution is -0.137. The summed E-state index contributed by atoms with van der Waals surface area (Å²) < 4.78 is 5.69. The molecule has 140 valence electrons. The minimum Gasteiger partial charge on any atom is -0.481 e. The molecular weight excluding hydrogens is 312 g/mol. The molecule has 6 nitrogen and oxygen atoms in total. The van der Waals surface area contributed by atoms with Crippen molar-refractivity contribution in [1.82, 2.24) is 0 Å². The second-order valence-electron chi connectivity index (χ2n) is 6.57. The highest BCUT2D eigenvalue weighted by atomic mass is 16.5.